The standard InChI is InChI=1S/C17H23FN4O.2ClH/c1-22-15-6-5-12(18)10-14(15)21-16(22)7-8-20-17(23)11-3-2-4-13(19)9-11;;/h5-6,10-11,13H,2-4,7-9,19H2,1H3,(H,20,23);2*1H. The van der Waals surface area contributed by atoms with Gasteiger partial charge < -0.3 is 15.6 Å². The third kappa shape index (κ3) is 5.06. The third-order valence-electron chi connectivity index (χ3n) is 4.67. The fourth-order valence-electron chi connectivity index (χ4n) is 3.35. The largest absolute Gasteiger partial charge is 0.355 e. The second kappa shape index (κ2) is 9.36. The van der Waals surface area contributed by atoms with Gasteiger partial charge in [-0.25, -0.2) is 9.37 Å². The summed E-state index contributed by atoms with van der Waals surface area (Å²) in [6, 6.07) is 4.74. The van der Waals surface area contributed by atoms with Crippen molar-refractivity contribution >= 4 is 41.8 Å². The van der Waals surface area contributed by atoms with E-state index in [9.17, 15) is 9.18 Å². The number of aryl methyl sites for hydroxylation is 1. The number of nitrogens with zero attached hydrogens (tertiary/aromatic N) is 2. The van der Waals surface area contributed by atoms with Gasteiger partial charge in [-0.2, -0.15) is 0 Å². The van der Waals surface area contributed by atoms with E-state index in [-0.39, 0.29) is 48.5 Å². The predicted molar refractivity (Wildman–Crippen MR) is 102 cm³/mol. The highest BCUT2D eigenvalue weighted by Gasteiger charge is 2.25. The van der Waals surface area contributed by atoms with Crippen molar-refractivity contribution in [2.45, 2.75) is 38.1 Å². The zero-order valence-electron chi connectivity index (χ0n) is 14.2. The van der Waals surface area contributed by atoms with Gasteiger partial charge in [0.25, 0.3) is 0 Å². The van der Waals surface area contributed by atoms with E-state index in [0.29, 0.717) is 18.5 Å². The summed E-state index contributed by atoms with van der Waals surface area (Å²) in [5.74, 6) is 0.675. The summed E-state index contributed by atoms with van der Waals surface area (Å²) < 4.78 is 15.2. The number of halogens is 3. The van der Waals surface area contributed by atoms with Gasteiger partial charge in [-0.3, -0.25) is 4.79 Å². The van der Waals surface area contributed by atoms with Crippen LogP contribution in [-0.2, 0) is 18.3 Å². The zero-order valence-corrected chi connectivity index (χ0v) is 15.8. The van der Waals surface area contributed by atoms with Crippen LogP contribution in [0.15, 0.2) is 18.2 Å². The van der Waals surface area contributed by atoms with Crippen molar-refractivity contribution in [3.05, 3.63) is 29.8 Å². The molecule has 3 rings (SSSR count). The Morgan fingerprint density at radius 3 is 2.88 bits per heavy atom. The van der Waals surface area contributed by atoms with E-state index in [1.54, 1.807) is 6.07 Å². The highest BCUT2D eigenvalue weighted by Crippen LogP contribution is 2.23. The van der Waals surface area contributed by atoms with Gasteiger partial charge in [0.15, 0.2) is 0 Å². The number of hydrogen-bond donors (Lipinski definition) is 2. The normalized spacial score (nSPS) is 19.8. The lowest BCUT2D eigenvalue weighted by molar-refractivity contribution is -0.126. The Bertz CT molecular complexity index is 722. The number of nitrogens with two attached hydrogens (primary N) is 1. The van der Waals surface area contributed by atoms with E-state index < -0.39 is 0 Å². The summed E-state index contributed by atoms with van der Waals surface area (Å²) in [4.78, 5) is 16.6. The van der Waals surface area contributed by atoms with Crippen LogP contribution in [0.1, 0.15) is 31.5 Å². The van der Waals surface area contributed by atoms with E-state index in [2.05, 4.69) is 10.3 Å². The zero-order chi connectivity index (χ0) is 16.4. The number of carbonyl (C=O) groups excluding carboxylic acids is 1. The Hall–Kier alpha value is -1.37. The maximum Gasteiger partial charge on any atom is 0.223 e. The number of fused-ring (bicyclic) bond motifs is 1. The average molecular weight is 391 g/mol. The molecule has 1 aromatic carbocycles. The molecule has 8 heteroatoms. The highest BCUT2D eigenvalue weighted by molar-refractivity contribution is 5.85. The molecule has 25 heavy (non-hydrogen) atoms. The molecule has 1 aromatic heterocycles. The van der Waals surface area contributed by atoms with E-state index in [1.165, 1.54) is 12.1 Å². The molecule has 0 saturated heterocycles. The van der Waals surface area contributed by atoms with Crippen molar-refractivity contribution in [1.29, 1.82) is 0 Å². The summed E-state index contributed by atoms with van der Waals surface area (Å²) in [6.45, 7) is 0.532. The Morgan fingerprint density at radius 1 is 1.40 bits per heavy atom. The number of amides is 1. The lowest BCUT2D eigenvalue weighted by Crippen LogP contribution is -2.38. The molecule has 2 unspecified atom stereocenters. The molecule has 140 valence electrons. The molecule has 1 amide bonds. The highest BCUT2D eigenvalue weighted by atomic mass is 35.5. The minimum absolute atomic E-state index is 0. The topological polar surface area (TPSA) is 72.9 Å². The summed E-state index contributed by atoms with van der Waals surface area (Å²) in [6.07, 6.45) is 4.36. The molecule has 1 heterocycles. The first-order valence-electron chi connectivity index (χ1n) is 8.18. The fourth-order valence-corrected chi connectivity index (χ4v) is 3.35. The molecule has 0 bridgehead atoms. The van der Waals surface area contributed by atoms with Crippen LogP contribution < -0.4 is 11.1 Å². The molecule has 3 N–H and O–H groups in total. The van der Waals surface area contributed by atoms with Crippen molar-refractivity contribution < 1.29 is 9.18 Å². The van der Waals surface area contributed by atoms with E-state index in [0.717, 1.165) is 37.0 Å². The van der Waals surface area contributed by atoms with Crippen LogP contribution in [0.4, 0.5) is 4.39 Å². The quantitative estimate of drug-likeness (QED) is 0.842. The minimum Gasteiger partial charge on any atom is -0.355 e. The molecule has 2 aromatic rings. The van der Waals surface area contributed by atoms with E-state index >= 15 is 0 Å². The van der Waals surface area contributed by atoms with Crippen molar-refractivity contribution in [2.24, 2.45) is 18.7 Å². The number of aromatic nitrogens is 2. The lowest BCUT2D eigenvalue weighted by atomic mass is 9.85. The summed E-state index contributed by atoms with van der Waals surface area (Å²) in [7, 11) is 1.91. The molecule has 0 spiro atoms. The van der Waals surface area contributed by atoms with Crippen molar-refractivity contribution in [1.82, 2.24) is 14.9 Å². The van der Waals surface area contributed by atoms with Crippen molar-refractivity contribution in [2.75, 3.05) is 6.54 Å². The van der Waals surface area contributed by atoms with Gasteiger partial charge in [0, 0.05) is 38.0 Å². The molecule has 0 radical (unpaired) electrons. The minimum atomic E-state index is -0.288. The number of benzene rings is 1. The van der Waals surface area contributed by atoms with Crippen LogP contribution >= 0.6 is 24.8 Å². The summed E-state index contributed by atoms with van der Waals surface area (Å²) in [5, 5.41) is 2.98. The molecule has 2 atom stereocenters. The summed E-state index contributed by atoms with van der Waals surface area (Å²) in [5.41, 5.74) is 7.47. The van der Waals surface area contributed by atoms with Crippen LogP contribution in [0.25, 0.3) is 11.0 Å². The maximum atomic E-state index is 13.3. The third-order valence-corrected chi connectivity index (χ3v) is 4.67. The Kier molecular flexibility index (Phi) is 8.12. The molecule has 0 aliphatic heterocycles. The van der Waals surface area contributed by atoms with Gasteiger partial charge >= 0.3 is 0 Å². The van der Waals surface area contributed by atoms with Gasteiger partial charge in [-0.1, -0.05) is 6.42 Å². The second-order valence-corrected chi connectivity index (χ2v) is 6.38. The lowest BCUT2D eigenvalue weighted by Gasteiger charge is -2.25. The first-order valence-corrected chi connectivity index (χ1v) is 8.18. The average Bonchev–Trinajstić information content (AvgIpc) is 2.83. The van der Waals surface area contributed by atoms with Crippen LogP contribution in [0.3, 0.4) is 0 Å². The SMILES string of the molecule is Cl.Cl.Cn1c(CCNC(=O)C2CCCC(N)C2)nc2cc(F)ccc21. The van der Waals surface area contributed by atoms with Crippen LogP contribution in [-0.4, -0.2) is 28.0 Å². The van der Waals surface area contributed by atoms with E-state index in [1.807, 2.05) is 11.6 Å². The number of nitrogens with one attached hydrogen (secondary N) is 1. The summed E-state index contributed by atoms with van der Waals surface area (Å²) >= 11 is 0. The number of hydrogen-bond acceptors (Lipinski definition) is 3. The van der Waals surface area contributed by atoms with Gasteiger partial charge in [0.2, 0.25) is 5.91 Å². The Morgan fingerprint density at radius 2 is 2.16 bits per heavy atom. The second-order valence-electron chi connectivity index (χ2n) is 6.38. The van der Waals surface area contributed by atoms with Crippen molar-refractivity contribution in [3.63, 3.8) is 0 Å². The van der Waals surface area contributed by atoms with Gasteiger partial charge in [0.05, 0.1) is 11.0 Å². The fraction of sp³-hybridized carbons (Fsp3) is 0.529. The molecular weight excluding hydrogens is 366 g/mol. The molecule has 1 fully saturated rings. The molecular formula is C17H25Cl2FN4O. The van der Waals surface area contributed by atoms with Crippen LogP contribution in [0.5, 0.6) is 0 Å². The van der Waals surface area contributed by atoms with Gasteiger partial charge in [0.1, 0.15) is 11.6 Å². The number of rotatable bonds is 4. The first kappa shape index (κ1) is 21.7. The molecule has 1 aliphatic rings. The van der Waals surface area contributed by atoms with Gasteiger partial charge in [-0.15, -0.1) is 24.8 Å². The van der Waals surface area contributed by atoms with Crippen LogP contribution in [0, 0.1) is 11.7 Å². The van der Waals surface area contributed by atoms with Crippen molar-refractivity contribution in [3.8, 4) is 0 Å². The monoisotopic (exact) mass is 390 g/mol. The first-order chi connectivity index (χ1) is 11.0. The number of carbonyl (C=O) groups is 1. The van der Waals surface area contributed by atoms with Crippen LogP contribution in [0.2, 0.25) is 0 Å². The molecule has 5 nitrogen and oxygen atoms in total. The smallest absolute Gasteiger partial charge is 0.223 e. The Balaban J connectivity index is 0.00000156. The maximum absolute atomic E-state index is 13.3. The Labute approximate surface area is 159 Å². The van der Waals surface area contributed by atoms with Gasteiger partial charge in [-0.05, 0) is 31.4 Å². The molecule has 1 aliphatic carbocycles. The van der Waals surface area contributed by atoms with E-state index in [4.69, 9.17) is 5.73 Å². The number of imidazole rings is 1. The predicted octanol–water partition coefficient (Wildman–Crippen LogP) is 2.73. The molecule has 1 saturated carbocycles.